The van der Waals surface area contributed by atoms with Gasteiger partial charge in [-0.3, -0.25) is 0 Å². The van der Waals surface area contributed by atoms with Crippen LogP contribution >= 0.6 is 15.9 Å². The van der Waals surface area contributed by atoms with Crippen molar-refractivity contribution in [3.05, 3.63) is 33.8 Å². The molecule has 0 saturated heterocycles. The molecule has 1 aliphatic rings. The molecule has 1 aliphatic carbocycles. The fourth-order valence-electron chi connectivity index (χ4n) is 2.16. The van der Waals surface area contributed by atoms with E-state index in [4.69, 9.17) is 4.43 Å². The van der Waals surface area contributed by atoms with E-state index >= 15 is 0 Å². The first kappa shape index (κ1) is 13.3. The third kappa shape index (κ3) is 2.83. The molecule has 1 nitrogen and oxygen atoms in total. The maximum Gasteiger partial charge on any atom is 0.180 e. The summed E-state index contributed by atoms with van der Waals surface area (Å²) >= 11 is 3.64. The second-order valence-corrected chi connectivity index (χ2v) is 10.1. The summed E-state index contributed by atoms with van der Waals surface area (Å²) in [6, 6.07) is 6.47. The summed E-state index contributed by atoms with van der Waals surface area (Å²) in [6.07, 6.45) is 2.63. The van der Waals surface area contributed by atoms with Crippen molar-refractivity contribution in [1.29, 1.82) is 0 Å². The van der Waals surface area contributed by atoms with Gasteiger partial charge in [-0.2, -0.15) is 0 Å². The zero-order valence-electron chi connectivity index (χ0n) is 11.1. The van der Waals surface area contributed by atoms with Crippen molar-refractivity contribution in [3.63, 3.8) is 0 Å². The first-order valence-electron chi connectivity index (χ1n) is 6.32. The van der Waals surface area contributed by atoms with Crippen molar-refractivity contribution < 1.29 is 4.43 Å². The van der Waals surface area contributed by atoms with Crippen LogP contribution in [0.4, 0.5) is 0 Å². The third-order valence-electron chi connectivity index (χ3n) is 3.75. The standard InChI is InChI=1S/C14H21BrOSi/c1-14(2,3)17(4)16-13-9-8-10-11(13)6-5-7-12(10)15/h5-7,13,17H,8-9H2,1-4H3. The molecule has 0 aromatic heterocycles. The van der Waals surface area contributed by atoms with E-state index in [1.165, 1.54) is 15.6 Å². The van der Waals surface area contributed by atoms with Gasteiger partial charge in [0.1, 0.15) is 0 Å². The highest BCUT2D eigenvalue weighted by Crippen LogP contribution is 2.40. The van der Waals surface area contributed by atoms with Gasteiger partial charge in [0.15, 0.2) is 9.04 Å². The molecule has 0 heterocycles. The van der Waals surface area contributed by atoms with Crippen molar-refractivity contribution in [3.8, 4) is 0 Å². The summed E-state index contributed by atoms with van der Waals surface area (Å²) in [5, 5.41) is 0.342. The summed E-state index contributed by atoms with van der Waals surface area (Å²) in [4.78, 5) is 0. The van der Waals surface area contributed by atoms with Crippen LogP contribution in [0.25, 0.3) is 0 Å². The highest BCUT2D eigenvalue weighted by atomic mass is 79.9. The number of fused-ring (bicyclic) bond motifs is 1. The normalized spacial score (nSPS) is 21.4. The molecule has 1 aromatic rings. The minimum atomic E-state index is -1.13. The average molecular weight is 313 g/mol. The number of hydrogen-bond acceptors (Lipinski definition) is 1. The maximum atomic E-state index is 6.38. The Labute approximate surface area is 114 Å². The molecule has 0 spiro atoms. The maximum absolute atomic E-state index is 6.38. The molecule has 1 aromatic carbocycles. The van der Waals surface area contributed by atoms with Gasteiger partial charge in [0.25, 0.3) is 0 Å². The van der Waals surface area contributed by atoms with E-state index in [0.29, 0.717) is 11.1 Å². The second-order valence-electron chi connectivity index (χ2n) is 5.98. The molecule has 0 bridgehead atoms. The SMILES string of the molecule is C[SiH](OC1CCc2c(Br)cccc21)C(C)(C)C. The van der Waals surface area contributed by atoms with Crippen molar-refractivity contribution in [1.82, 2.24) is 0 Å². The highest BCUT2D eigenvalue weighted by molar-refractivity contribution is 9.10. The Kier molecular flexibility index (Phi) is 3.81. The molecular formula is C14H21BrOSi. The van der Waals surface area contributed by atoms with Gasteiger partial charge in [-0.15, -0.1) is 0 Å². The van der Waals surface area contributed by atoms with Crippen LogP contribution in [0.3, 0.4) is 0 Å². The van der Waals surface area contributed by atoms with Gasteiger partial charge >= 0.3 is 0 Å². The fraction of sp³-hybridized carbons (Fsp3) is 0.571. The Morgan fingerprint density at radius 3 is 2.71 bits per heavy atom. The van der Waals surface area contributed by atoms with Gasteiger partial charge in [0, 0.05) is 4.47 Å². The Morgan fingerprint density at radius 2 is 2.06 bits per heavy atom. The molecule has 0 amide bonds. The van der Waals surface area contributed by atoms with E-state index < -0.39 is 9.04 Å². The molecule has 0 radical (unpaired) electrons. The monoisotopic (exact) mass is 312 g/mol. The Hall–Kier alpha value is -0.123. The van der Waals surface area contributed by atoms with Crippen LogP contribution < -0.4 is 0 Å². The molecule has 2 atom stereocenters. The highest BCUT2D eigenvalue weighted by Gasteiger charge is 2.30. The van der Waals surface area contributed by atoms with Crippen LogP contribution in [0.1, 0.15) is 44.4 Å². The van der Waals surface area contributed by atoms with Crippen LogP contribution in [0.15, 0.2) is 22.7 Å². The van der Waals surface area contributed by atoms with E-state index in [2.05, 4.69) is 61.4 Å². The van der Waals surface area contributed by atoms with E-state index in [9.17, 15) is 0 Å². The van der Waals surface area contributed by atoms with Crippen molar-refractivity contribution in [2.75, 3.05) is 0 Å². The van der Waals surface area contributed by atoms with Crippen molar-refractivity contribution in [2.24, 2.45) is 0 Å². The molecule has 17 heavy (non-hydrogen) atoms. The van der Waals surface area contributed by atoms with Crippen LogP contribution in [0, 0.1) is 0 Å². The molecule has 0 aliphatic heterocycles. The predicted octanol–water partition coefficient (Wildman–Crippen LogP) is 4.61. The lowest BCUT2D eigenvalue weighted by molar-refractivity contribution is 0.198. The Morgan fingerprint density at radius 1 is 1.35 bits per heavy atom. The quantitative estimate of drug-likeness (QED) is 0.725. The molecule has 2 unspecified atom stereocenters. The predicted molar refractivity (Wildman–Crippen MR) is 79.0 cm³/mol. The minimum absolute atomic E-state index is 0.336. The fourth-order valence-corrected chi connectivity index (χ4v) is 3.93. The van der Waals surface area contributed by atoms with Gasteiger partial charge in [-0.25, -0.2) is 0 Å². The Bertz CT molecular complexity index is 411. The van der Waals surface area contributed by atoms with E-state index in [1.54, 1.807) is 0 Å². The molecule has 94 valence electrons. The van der Waals surface area contributed by atoms with Gasteiger partial charge in [0.2, 0.25) is 0 Å². The van der Waals surface area contributed by atoms with Crippen LogP contribution in [-0.4, -0.2) is 9.04 Å². The molecule has 3 heteroatoms. The topological polar surface area (TPSA) is 9.23 Å². The van der Waals surface area contributed by atoms with Crippen molar-refractivity contribution >= 4 is 25.0 Å². The lowest BCUT2D eigenvalue weighted by Gasteiger charge is -2.29. The molecule has 2 rings (SSSR count). The van der Waals surface area contributed by atoms with Gasteiger partial charge in [-0.05, 0) is 41.6 Å². The van der Waals surface area contributed by atoms with Gasteiger partial charge in [-0.1, -0.05) is 48.8 Å². The lowest BCUT2D eigenvalue weighted by atomic mass is 10.1. The minimum Gasteiger partial charge on any atom is -0.413 e. The van der Waals surface area contributed by atoms with Crippen LogP contribution in [0.5, 0.6) is 0 Å². The molecular weight excluding hydrogens is 292 g/mol. The van der Waals surface area contributed by atoms with Crippen molar-refractivity contribution in [2.45, 2.75) is 51.3 Å². The first-order valence-corrected chi connectivity index (χ1v) is 9.32. The molecule has 0 N–H and O–H groups in total. The molecule has 0 saturated carbocycles. The first-order chi connectivity index (χ1) is 7.89. The number of halogens is 1. The van der Waals surface area contributed by atoms with E-state index in [-0.39, 0.29) is 0 Å². The number of hydrogen-bond donors (Lipinski definition) is 0. The molecule has 0 fully saturated rings. The van der Waals surface area contributed by atoms with Gasteiger partial charge in [0.05, 0.1) is 6.10 Å². The smallest absolute Gasteiger partial charge is 0.180 e. The summed E-state index contributed by atoms with van der Waals surface area (Å²) in [7, 11) is -1.13. The van der Waals surface area contributed by atoms with Crippen LogP contribution in [-0.2, 0) is 10.8 Å². The zero-order valence-corrected chi connectivity index (χ0v) is 13.8. The van der Waals surface area contributed by atoms with E-state index in [0.717, 1.165) is 12.8 Å². The number of benzene rings is 1. The average Bonchev–Trinajstić information content (AvgIpc) is 2.62. The Balaban J connectivity index is 2.15. The lowest BCUT2D eigenvalue weighted by Crippen LogP contribution is -2.27. The van der Waals surface area contributed by atoms with E-state index in [1.807, 2.05) is 0 Å². The zero-order chi connectivity index (χ0) is 12.6. The largest absolute Gasteiger partial charge is 0.413 e. The summed E-state index contributed by atoms with van der Waals surface area (Å²) in [5.41, 5.74) is 2.86. The van der Waals surface area contributed by atoms with Crippen LogP contribution in [0.2, 0.25) is 11.6 Å². The number of rotatable bonds is 2. The summed E-state index contributed by atoms with van der Waals surface area (Å²) in [5.74, 6) is 0. The summed E-state index contributed by atoms with van der Waals surface area (Å²) in [6.45, 7) is 9.19. The third-order valence-corrected chi connectivity index (χ3v) is 7.67. The van der Waals surface area contributed by atoms with Gasteiger partial charge < -0.3 is 4.43 Å². The second kappa shape index (κ2) is 4.86. The summed E-state index contributed by atoms with van der Waals surface area (Å²) < 4.78 is 7.62.